The maximum Gasteiger partial charge on any atom is 0.295 e. The van der Waals surface area contributed by atoms with Crippen molar-refractivity contribution < 1.29 is 19.4 Å². The molecule has 0 saturated carbocycles. The smallest absolute Gasteiger partial charge is 0.295 e. The number of rotatable bonds is 5. The quantitative estimate of drug-likeness (QED) is 0.234. The summed E-state index contributed by atoms with van der Waals surface area (Å²) in [5.74, 6) is -0.772. The maximum atomic E-state index is 13.4. The van der Waals surface area contributed by atoms with E-state index in [2.05, 4.69) is 4.98 Å². The third-order valence-corrected chi connectivity index (χ3v) is 6.62. The van der Waals surface area contributed by atoms with Gasteiger partial charge in [0.2, 0.25) is 0 Å². The number of H-pyrrole nitrogens is 1. The number of nitrogens with one attached hydrogen (secondary N) is 1. The Morgan fingerprint density at radius 3 is 2.51 bits per heavy atom. The van der Waals surface area contributed by atoms with Crippen molar-refractivity contribution in [2.24, 2.45) is 0 Å². The van der Waals surface area contributed by atoms with Gasteiger partial charge >= 0.3 is 0 Å². The number of ether oxygens (including phenoxy) is 1. The molecule has 3 aromatic carbocycles. The Kier molecular flexibility index (Phi) is 5.65. The van der Waals surface area contributed by atoms with E-state index in [9.17, 15) is 14.7 Å². The normalized spacial score (nSPS) is 17.3. The van der Waals surface area contributed by atoms with Gasteiger partial charge in [0.15, 0.2) is 0 Å². The zero-order chi connectivity index (χ0) is 24.7. The largest absolute Gasteiger partial charge is 0.507 e. The molecule has 4 aromatic rings. The first kappa shape index (κ1) is 22.5. The second-order valence-corrected chi connectivity index (χ2v) is 8.88. The van der Waals surface area contributed by atoms with Crippen LogP contribution in [0, 0.1) is 13.8 Å². The van der Waals surface area contributed by atoms with Crippen LogP contribution in [0.15, 0.2) is 78.5 Å². The van der Waals surface area contributed by atoms with Crippen LogP contribution in [0.3, 0.4) is 0 Å². The van der Waals surface area contributed by atoms with Gasteiger partial charge in [-0.3, -0.25) is 9.59 Å². The fourth-order valence-electron chi connectivity index (χ4n) is 4.75. The summed E-state index contributed by atoms with van der Waals surface area (Å²) in [7, 11) is 1.60. The van der Waals surface area contributed by atoms with Crippen molar-refractivity contribution in [3.63, 3.8) is 0 Å². The molecule has 0 bridgehead atoms. The number of methoxy groups -OCH3 is 1. The second-order valence-electron chi connectivity index (χ2n) is 8.88. The molecule has 1 aliphatic heterocycles. The van der Waals surface area contributed by atoms with Gasteiger partial charge in [0.25, 0.3) is 11.7 Å². The van der Waals surface area contributed by atoms with Crippen molar-refractivity contribution in [1.29, 1.82) is 0 Å². The van der Waals surface area contributed by atoms with E-state index in [-0.39, 0.29) is 17.9 Å². The lowest BCUT2D eigenvalue weighted by Gasteiger charge is -2.25. The zero-order valence-electron chi connectivity index (χ0n) is 19.8. The van der Waals surface area contributed by atoms with E-state index in [0.717, 1.165) is 33.2 Å². The molecule has 35 heavy (non-hydrogen) atoms. The SMILES string of the molecule is COc1ccc(CN2C(=O)C(=O)/C(=C(/O)c3cc(C)ccc3C)C2c2c[nH]c3ccccc23)cc1. The van der Waals surface area contributed by atoms with Crippen molar-refractivity contribution >= 4 is 28.4 Å². The molecule has 176 valence electrons. The highest BCUT2D eigenvalue weighted by atomic mass is 16.5. The predicted octanol–water partition coefficient (Wildman–Crippen LogP) is 5.42. The molecular weight excluding hydrogens is 440 g/mol. The molecule has 1 atom stereocenters. The van der Waals surface area contributed by atoms with Crippen molar-refractivity contribution in [2.75, 3.05) is 7.11 Å². The van der Waals surface area contributed by atoms with E-state index in [4.69, 9.17) is 4.74 Å². The van der Waals surface area contributed by atoms with Gasteiger partial charge in [-0.05, 0) is 49.2 Å². The van der Waals surface area contributed by atoms with Gasteiger partial charge in [-0.2, -0.15) is 0 Å². The predicted molar refractivity (Wildman–Crippen MR) is 135 cm³/mol. The van der Waals surface area contributed by atoms with Crippen LogP contribution in [0.5, 0.6) is 5.75 Å². The number of likely N-dealkylation sites (tertiary alicyclic amines) is 1. The van der Waals surface area contributed by atoms with Crippen LogP contribution in [0.1, 0.15) is 33.9 Å². The number of aryl methyl sites for hydroxylation is 2. The monoisotopic (exact) mass is 466 g/mol. The molecule has 0 aliphatic carbocycles. The van der Waals surface area contributed by atoms with Gasteiger partial charge in [-0.1, -0.05) is 48.0 Å². The first-order valence-corrected chi connectivity index (χ1v) is 11.4. The standard InChI is InChI=1S/C29H26N2O4/c1-17-8-9-18(2)22(14-17)27(32)25-26(23-15-30-24-7-5-4-6-21(23)24)31(29(34)28(25)33)16-19-10-12-20(35-3)13-11-19/h4-15,26,30,32H,16H2,1-3H3/b27-25+. The third-order valence-electron chi connectivity index (χ3n) is 6.62. The first-order chi connectivity index (χ1) is 16.9. The number of carbonyl (C=O) groups is 2. The third kappa shape index (κ3) is 3.87. The topological polar surface area (TPSA) is 82.6 Å². The Morgan fingerprint density at radius 2 is 1.77 bits per heavy atom. The molecule has 5 rings (SSSR count). The van der Waals surface area contributed by atoms with Crippen LogP contribution in [0.2, 0.25) is 0 Å². The average Bonchev–Trinajstić information content (AvgIpc) is 3.40. The molecule has 1 fully saturated rings. The number of para-hydroxylation sites is 1. The number of carbonyl (C=O) groups excluding carboxylic acids is 2. The van der Waals surface area contributed by atoms with Crippen molar-refractivity contribution in [3.8, 4) is 5.75 Å². The molecule has 1 aromatic heterocycles. The minimum atomic E-state index is -0.742. The molecule has 2 heterocycles. The number of aromatic amines is 1. The number of aliphatic hydroxyl groups excluding tert-OH is 1. The molecule has 6 nitrogen and oxygen atoms in total. The highest BCUT2D eigenvalue weighted by Gasteiger charge is 2.47. The summed E-state index contributed by atoms with van der Waals surface area (Å²) in [6, 6.07) is 20.1. The van der Waals surface area contributed by atoms with E-state index >= 15 is 0 Å². The minimum Gasteiger partial charge on any atom is -0.507 e. The average molecular weight is 467 g/mol. The number of aliphatic hydroxyl groups is 1. The van der Waals surface area contributed by atoms with Gasteiger partial charge in [0.1, 0.15) is 11.5 Å². The summed E-state index contributed by atoms with van der Waals surface area (Å²) in [6.07, 6.45) is 1.82. The van der Waals surface area contributed by atoms with Crippen LogP contribution < -0.4 is 4.74 Å². The number of benzene rings is 3. The van der Waals surface area contributed by atoms with Crippen LogP contribution in [0.25, 0.3) is 16.7 Å². The van der Waals surface area contributed by atoms with Crippen LogP contribution in [-0.2, 0) is 16.1 Å². The fraction of sp³-hybridized carbons (Fsp3) is 0.172. The molecular formula is C29H26N2O4. The number of hydrogen-bond acceptors (Lipinski definition) is 4. The lowest BCUT2D eigenvalue weighted by Crippen LogP contribution is -2.29. The molecule has 6 heteroatoms. The molecule has 0 radical (unpaired) electrons. The number of ketones is 1. The number of Topliss-reactive ketones (excluding diaryl/α,β-unsaturated/α-hetero) is 1. The fourth-order valence-corrected chi connectivity index (χ4v) is 4.75. The number of amides is 1. The van der Waals surface area contributed by atoms with Gasteiger partial charge in [0.05, 0.1) is 18.7 Å². The summed E-state index contributed by atoms with van der Waals surface area (Å²) < 4.78 is 5.24. The summed E-state index contributed by atoms with van der Waals surface area (Å²) in [4.78, 5) is 31.6. The van der Waals surface area contributed by atoms with Crippen molar-refractivity contribution in [3.05, 3.63) is 106 Å². The number of nitrogens with zero attached hydrogens (tertiary/aromatic N) is 1. The number of fused-ring (bicyclic) bond motifs is 1. The Bertz CT molecular complexity index is 1480. The minimum absolute atomic E-state index is 0.0990. The van der Waals surface area contributed by atoms with Gasteiger partial charge in [-0.25, -0.2) is 0 Å². The van der Waals surface area contributed by atoms with Crippen LogP contribution >= 0.6 is 0 Å². The Morgan fingerprint density at radius 1 is 1.03 bits per heavy atom. The summed E-state index contributed by atoms with van der Waals surface area (Å²) >= 11 is 0. The van der Waals surface area contributed by atoms with E-state index in [1.54, 1.807) is 7.11 Å². The molecule has 1 amide bonds. The Labute approximate surface area is 203 Å². The highest BCUT2D eigenvalue weighted by molar-refractivity contribution is 6.46. The summed E-state index contributed by atoms with van der Waals surface area (Å²) in [5.41, 5.74) is 4.94. The maximum absolute atomic E-state index is 13.4. The van der Waals surface area contributed by atoms with E-state index in [1.165, 1.54) is 4.90 Å². The van der Waals surface area contributed by atoms with E-state index in [1.807, 2.05) is 86.8 Å². The second kappa shape index (κ2) is 8.80. The summed E-state index contributed by atoms with van der Waals surface area (Å²) in [6.45, 7) is 4.01. The van der Waals surface area contributed by atoms with Gasteiger partial charge in [0, 0.05) is 34.8 Å². The molecule has 2 N–H and O–H groups in total. The van der Waals surface area contributed by atoms with Crippen molar-refractivity contribution in [2.45, 2.75) is 26.4 Å². The van der Waals surface area contributed by atoms with Crippen LogP contribution in [-0.4, -0.2) is 33.8 Å². The van der Waals surface area contributed by atoms with Gasteiger partial charge < -0.3 is 19.7 Å². The van der Waals surface area contributed by atoms with E-state index < -0.39 is 17.7 Å². The summed E-state index contributed by atoms with van der Waals surface area (Å²) in [5, 5.41) is 12.4. The molecule has 0 spiro atoms. The Balaban J connectivity index is 1.70. The zero-order valence-corrected chi connectivity index (χ0v) is 19.8. The molecule has 1 saturated heterocycles. The van der Waals surface area contributed by atoms with Crippen molar-refractivity contribution in [1.82, 2.24) is 9.88 Å². The lowest BCUT2D eigenvalue weighted by molar-refractivity contribution is -0.140. The van der Waals surface area contributed by atoms with E-state index in [0.29, 0.717) is 11.3 Å². The molecule has 1 unspecified atom stereocenters. The number of aromatic nitrogens is 1. The lowest BCUT2D eigenvalue weighted by atomic mass is 9.93. The highest BCUT2D eigenvalue weighted by Crippen LogP contribution is 2.43. The van der Waals surface area contributed by atoms with Crippen LogP contribution in [0.4, 0.5) is 0 Å². The van der Waals surface area contributed by atoms with Gasteiger partial charge in [-0.15, -0.1) is 0 Å². The molecule has 1 aliphatic rings. The first-order valence-electron chi connectivity index (χ1n) is 11.4. The number of hydrogen-bond donors (Lipinski definition) is 2. The Hall–Kier alpha value is -4.32.